The third-order valence-corrected chi connectivity index (χ3v) is 3.47. The van der Waals surface area contributed by atoms with Gasteiger partial charge in [0.05, 0.1) is 0 Å². The highest BCUT2D eigenvalue weighted by Crippen LogP contribution is 2.19. The second-order valence-electron chi connectivity index (χ2n) is 5.08. The highest BCUT2D eigenvalue weighted by Gasteiger charge is 2.13. The van der Waals surface area contributed by atoms with Gasteiger partial charge in [-0.15, -0.1) is 0 Å². The third-order valence-electron chi connectivity index (χ3n) is 3.47. The van der Waals surface area contributed by atoms with Gasteiger partial charge in [-0.25, -0.2) is 0 Å². The molecule has 0 aliphatic carbocycles. The largest absolute Gasteiger partial charge is 0.508 e. The van der Waals surface area contributed by atoms with E-state index in [1.165, 1.54) is 0 Å². The van der Waals surface area contributed by atoms with Crippen LogP contribution in [0.25, 0.3) is 11.3 Å². The Morgan fingerprint density at radius 3 is 2.61 bits per heavy atom. The van der Waals surface area contributed by atoms with Gasteiger partial charge in [-0.05, 0) is 18.1 Å². The molecule has 0 aliphatic rings. The summed E-state index contributed by atoms with van der Waals surface area (Å²) in [6, 6.07) is 18.1. The van der Waals surface area contributed by atoms with Crippen LogP contribution >= 0.6 is 0 Å². The van der Waals surface area contributed by atoms with Crippen LogP contribution in [0.1, 0.15) is 16.1 Å². The molecule has 3 aromatic rings. The van der Waals surface area contributed by atoms with Crippen LogP contribution in [0.4, 0.5) is 0 Å². The van der Waals surface area contributed by atoms with Crippen LogP contribution in [0.15, 0.2) is 65.2 Å². The average molecular weight is 308 g/mol. The molecule has 0 bridgehead atoms. The molecule has 0 aliphatic heterocycles. The van der Waals surface area contributed by atoms with Crippen molar-refractivity contribution < 1.29 is 14.4 Å². The van der Waals surface area contributed by atoms with Gasteiger partial charge in [0.2, 0.25) is 0 Å². The van der Waals surface area contributed by atoms with E-state index in [4.69, 9.17) is 4.52 Å². The normalized spacial score (nSPS) is 10.4. The minimum Gasteiger partial charge on any atom is -0.508 e. The Morgan fingerprint density at radius 2 is 1.83 bits per heavy atom. The summed E-state index contributed by atoms with van der Waals surface area (Å²) >= 11 is 0. The summed E-state index contributed by atoms with van der Waals surface area (Å²) in [7, 11) is 0. The molecule has 0 saturated heterocycles. The number of phenolic OH excluding ortho intramolecular Hbond substituents is 1. The zero-order valence-corrected chi connectivity index (χ0v) is 12.4. The van der Waals surface area contributed by atoms with Crippen molar-refractivity contribution in [1.82, 2.24) is 10.5 Å². The fourth-order valence-corrected chi connectivity index (χ4v) is 2.24. The van der Waals surface area contributed by atoms with Crippen LogP contribution in [0.5, 0.6) is 5.75 Å². The summed E-state index contributed by atoms with van der Waals surface area (Å²) in [6.07, 6.45) is 0.543. The van der Waals surface area contributed by atoms with Crippen molar-refractivity contribution >= 4 is 5.91 Å². The Kier molecular flexibility index (Phi) is 4.38. The maximum absolute atomic E-state index is 12.1. The van der Waals surface area contributed by atoms with Crippen molar-refractivity contribution in [1.29, 1.82) is 0 Å². The first-order valence-electron chi connectivity index (χ1n) is 7.31. The zero-order chi connectivity index (χ0) is 16.1. The topological polar surface area (TPSA) is 75.4 Å². The van der Waals surface area contributed by atoms with Crippen LogP contribution in [-0.4, -0.2) is 22.7 Å². The first-order chi connectivity index (χ1) is 11.2. The second kappa shape index (κ2) is 6.79. The van der Waals surface area contributed by atoms with Crippen molar-refractivity contribution in [2.75, 3.05) is 6.54 Å². The second-order valence-corrected chi connectivity index (χ2v) is 5.08. The van der Waals surface area contributed by atoms with Crippen molar-refractivity contribution in [3.63, 3.8) is 0 Å². The Balaban J connectivity index is 1.59. The number of hydrogen-bond acceptors (Lipinski definition) is 4. The predicted octanol–water partition coefficient (Wildman–Crippen LogP) is 3.02. The van der Waals surface area contributed by atoms with Gasteiger partial charge < -0.3 is 14.9 Å². The van der Waals surface area contributed by atoms with E-state index in [1.807, 2.05) is 42.5 Å². The molecule has 2 aromatic carbocycles. The average Bonchev–Trinajstić information content (AvgIpc) is 3.07. The predicted molar refractivity (Wildman–Crippen MR) is 86.1 cm³/mol. The molecule has 1 aromatic heterocycles. The minimum atomic E-state index is -0.300. The number of aromatic hydroxyl groups is 1. The number of rotatable bonds is 5. The fraction of sp³-hybridized carbons (Fsp3) is 0.111. The number of nitrogens with zero attached hydrogens (tertiary/aromatic N) is 1. The monoisotopic (exact) mass is 308 g/mol. The third kappa shape index (κ3) is 3.58. The molecule has 0 radical (unpaired) electrons. The lowest BCUT2D eigenvalue weighted by Gasteiger charge is -2.05. The first-order valence-corrected chi connectivity index (χ1v) is 7.31. The van der Waals surface area contributed by atoms with E-state index in [9.17, 15) is 9.90 Å². The lowest BCUT2D eigenvalue weighted by Crippen LogP contribution is -2.25. The number of carbonyl (C=O) groups is 1. The Morgan fingerprint density at radius 1 is 1.09 bits per heavy atom. The number of aromatic nitrogens is 1. The molecule has 3 rings (SSSR count). The molecule has 1 heterocycles. The van der Waals surface area contributed by atoms with E-state index < -0.39 is 0 Å². The summed E-state index contributed by atoms with van der Waals surface area (Å²) in [5.41, 5.74) is 1.90. The van der Waals surface area contributed by atoms with Crippen molar-refractivity contribution in [2.24, 2.45) is 0 Å². The highest BCUT2D eigenvalue weighted by molar-refractivity contribution is 5.93. The standard InChI is InChI=1S/C18H16N2O3/c21-16-9-5-4-6-13(16)10-11-19-18(22)15-12-17(23-20-15)14-7-2-1-3-8-14/h1-9,12,21H,10-11H2,(H,19,22). The number of benzene rings is 2. The molecule has 5 heteroatoms. The number of amides is 1. The lowest BCUT2D eigenvalue weighted by molar-refractivity contribution is 0.0945. The molecule has 0 unspecified atom stereocenters. The minimum absolute atomic E-state index is 0.231. The Bertz CT molecular complexity index is 797. The van der Waals surface area contributed by atoms with Gasteiger partial charge in [-0.3, -0.25) is 4.79 Å². The van der Waals surface area contributed by atoms with Crippen LogP contribution in [-0.2, 0) is 6.42 Å². The summed E-state index contributed by atoms with van der Waals surface area (Å²) in [5.74, 6) is 0.484. The molecule has 2 N–H and O–H groups in total. The molecule has 116 valence electrons. The Labute approximate surface area is 133 Å². The highest BCUT2D eigenvalue weighted by atomic mass is 16.5. The van der Waals surface area contributed by atoms with Crippen LogP contribution in [0.3, 0.4) is 0 Å². The molecule has 0 atom stereocenters. The van der Waals surface area contributed by atoms with Gasteiger partial charge in [-0.2, -0.15) is 0 Å². The molecule has 1 amide bonds. The number of hydrogen-bond donors (Lipinski definition) is 2. The molecular formula is C18H16N2O3. The van der Waals surface area contributed by atoms with Gasteiger partial charge in [0.1, 0.15) is 5.75 Å². The molecule has 23 heavy (non-hydrogen) atoms. The zero-order valence-electron chi connectivity index (χ0n) is 12.4. The van der Waals surface area contributed by atoms with Crippen LogP contribution < -0.4 is 5.32 Å². The van der Waals surface area contributed by atoms with Gasteiger partial charge in [0, 0.05) is 18.2 Å². The molecular weight excluding hydrogens is 292 g/mol. The lowest BCUT2D eigenvalue weighted by atomic mass is 10.1. The van der Waals surface area contributed by atoms with E-state index in [0.717, 1.165) is 11.1 Å². The van der Waals surface area contributed by atoms with Crippen molar-refractivity contribution in [3.8, 4) is 17.1 Å². The number of carbonyl (C=O) groups excluding carboxylic acids is 1. The molecule has 0 spiro atoms. The summed E-state index contributed by atoms with van der Waals surface area (Å²) in [6.45, 7) is 0.407. The molecule has 0 saturated carbocycles. The number of phenols is 1. The van der Waals surface area contributed by atoms with Gasteiger partial charge in [-0.1, -0.05) is 53.7 Å². The summed E-state index contributed by atoms with van der Waals surface area (Å²) in [5, 5.41) is 16.2. The smallest absolute Gasteiger partial charge is 0.273 e. The summed E-state index contributed by atoms with van der Waals surface area (Å²) in [4.78, 5) is 12.1. The Hall–Kier alpha value is -3.08. The van der Waals surface area contributed by atoms with Crippen molar-refractivity contribution in [2.45, 2.75) is 6.42 Å². The van der Waals surface area contributed by atoms with Gasteiger partial charge >= 0.3 is 0 Å². The molecule has 0 fully saturated rings. The van der Waals surface area contributed by atoms with E-state index >= 15 is 0 Å². The molecule has 5 nitrogen and oxygen atoms in total. The first kappa shape index (κ1) is 14.8. The van der Waals surface area contributed by atoms with Gasteiger partial charge in [0.15, 0.2) is 11.5 Å². The maximum atomic E-state index is 12.1. The van der Waals surface area contributed by atoms with Crippen LogP contribution in [0.2, 0.25) is 0 Å². The van der Waals surface area contributed by atoms with Gasteiger partial charge in [0.25, 0.3) is 5.91 Å². The summed E-state index contributed by atoms with van der Waals surface area (Å²) < 4.78 is 5.20. The quantitative estimate of drug-likeness (QED) is 0.759. The van der Waals surface area contributed by atoms with E-state index in [0.29, 0.717) is 18.7 Å². The van der Waals surface area contributed by atoms with E-state index in [1.54, 1.807) is 18.2 Å². The number of para-hydroxylation sites is 1. The van der Waals surface area contributed by atoms with Crippen LogP contribution in [0, 0.1) is 0 Å². The van der Waals surface area contributed by atoms with E-state index in [-0.39, 0.29) is 17.4 Å². The van der Waals surface area contributed by atoms with Crippen molar-refractivity contribution in [3.05, 3.63) is 71.9 Å². The fourth-order valence-electron chi connectivity index (χ4n) is 2.24. The van der Waals surface area contributed by atoms with E-state index in [2.05, 4.69) is 10.5 Å². The SMILES string of the molecule is O=C(NCCc1ccccc1O)c1cc(-c2ccccc2)on1. The maximum Gasteiger partial charge on any atom is 0.273 e. The number of nitrogens with one attached hydrogen (secondary N) is 1.